The smallest absolute Gasteiger partial charge is 0.138 e. The van der Waals surface area contributed by atoms with E-state index in [1.165, 1.54) is 0 Å². The van der Waals surface area contributed by atoms with Gasteiger partial charge in [-0.1, -0.05) is 6.08 Å². The molecule has 18 heavy (non-hydrogen) atoms. The Morgan fingerprint density at radius 3 is 2.89 bits per heavy atom. The molecule has 0 aromatic carbocycles. The summed E-state index contributed by atoms with van der Waals surface area (Å²) in [7, 11) is 1.98. The molecule has 0 spiro atoms. The molecule has 3 aromatic rings. The molecule has 0 unspecified atom stereocenters. The van der Waals surface area contributed by atoms with E-state index in [0.717, 1.165) is 20.7 Å². The molecule has 0 fully saturated rings. The number of hydrogen-bond donors (Lipinski definition) is 0. The molecule has 0 radical (unpaired) electrons. The van der Waals surface area contributed by atoms with Crippen molar-refractivity contribution in [1.29, 1.82) is 0 Å². The third kappa shape index (κ3) is 2.05. The molecular weight excluding hydrogens is 339 g/mol. The van der Waals surface area contributed by atoms with Crippen molar-refractivity contribution in [2.75, 3.05) is 0 Å². The van der Waals surface area contributed by atoms with E-state index in [2.05, 4.69) is 49.1 Å². The van der Waals surface area contributed by atoms with Gasteiger partial charge in [-0.05, 0) is 46.4 Å². The van der Waals surface area contributed by atoms with Gasteiger partial charge in [0.05, 0.1) is 6.20 Å². The maximum absolute atomic E-state index is 4.34. The second kappa shape index (κ2) is 4.56. The van der Waals surface area contributed by atoms with Crippen LogP contribution in [0.1, 0.15) is 11.4 Å². The first-order valence-corrected chi connectivity index (χ1v) is 6.60. The molecular formula is C13H11IN4. The van der Waals surface area contributed by atoms with Crippen molar-refractivity contribution in [3.05, 3.63) is 52.0 Å². The van der Waals surface area contributed by atoms with Crippen LogP contribution in [0.25, 0.3) is 17.8 Å². The van der Waals surface area contributed by atoms with Gasteiger partial charge in [0.1, 0.15) is 15.2 Å². The summed E-state index contributed by atoms with van der Waals surface area (Å²) in [6, 6.07) is 4.12. The second-order valence-electron chi connectivity index (χ2n) is 4.00. The molecule has 0 aliphatic carbocycles. The first-order valence-electron chi connectivity index (χ1n) is 5.52. The highest BCUT2D eigenvalue weighted by molar-refractivity contribution is 14.1. The maximum Gasteiger partial charge on any atom is 0.138 e. The largest absolute Gasteiger partial charge is 0.335 e. The van der Waals surface area contributed by atoms with E-state index in [-0.39, 0.29) is 0 Å². The molecule has 3 heterocycles. The average molecular weight is 350 g/mol. The van der Waals surface area contributed by atoms with Crippen LogP contribution in [-0.2, 0) is 7.05 Å². The van der Waals surface area contributed by atoms with Crippen LogP contribution < -0.4 is 0 Å². The summed E-state index contributed by atoms with van der Waals surface area (Å²) in [5.74, 6) is 0.938. The normalized spacial score (nSPS) is 11.7. The first-order chi connectivity index (χ1) is 8.74. The van der Waals surface area contributed by atoms with Gasteiger partial charge in [0, 0.05) is 25.6 Å². The Morgan fingerprint density at radius 2 is 2.11 bits per heavy atom. The lowest BCUT2D eigenvalue weighted by Gasteiger charge is -1.98. The van der Waals surface area contributed by atoms with E-state index in [9.17, 15) is 0 Å². The van der Waals surface area contributed by atoms with Crippen molar-refractivity contribution in [3.8, 4) is 0 Å². The molecule has 4 nitrogen and oxygen atoms in total. The molecule has 0 amide bonds. The zero-order valence-electron chi connectivity index (χ0n) is 9.79. The summed E-state index contributed by atoms with van der Waals surface area (Å²) < 4.78 is 5.15. The minimum Gasteiger partial charge on any atom is -0.335 e. The zero-order chi connectivity index (χ0) is 12.5. The molecule has 0 aliphatic rings. The van der Waals surface area contributed by atoms with Crippen LogP contribution in [0.15, 0.2) is 36.9 Å². The van der Waals surface area contributed by atoms with Crippen molar-refractivity contribution >= 4 is 40.4 Å². The fourth-order valence-corrected chi connectivity index (χ4v) is 2.32. The van der Waals surface area contributed by atoms with E-state index >= 15 is 0 Å². The maximum atomic E-state index is 4.34. The Morgan fingerprint density at radius 1 is 1.22 bits per heavy atom. The lowest BCUT2D eigenvalue weighted by atomic mass is 10.2. The van der Waals surface area contributed by atoms with Gasteiger partial charge in [-0.3, -0.25) is 4.40 Å². The van der Waals surface area contributed by atoms with Crippen molar-refractivity contribution in [1.82, 2.24) is 18.9 Å². The SMILES string of the molecule is Cn1ccnc1/C=C/c1ccn2c(I)cnc2c1. The van der Waals surface area contributed by atoms with Crippen LogP contribution in [0.4, 0.5) is 0 Å². The Bertz CT molecular complexity index is 724. The van der Waals surface area contributed by atoms with Crippen LogP contribution in [-0.4, -0.2) is 18.9 Å². The van der Waals surface area contributed by atoms with Gasteiger partial charge >= 0.3 is 0 Å². The number of rotatable bonds is 2. The van der Waals surface area contributed by atoms with Crippen LogP contribution in [0, 0.1) is 3.70 Å². The highest BCUT2D eigenvalue weighted by Crippen LogP contribution is 2.13. The molecule has 0 saturated heterocycles. The lowest BCUT2D eigenvalue weighted by Crippen LogP contribution is -1.89. The molecule has 90 valence electrons. The number of aromatic nitrogens is 4. The summed E-state index contributed by atoms with van der Waals surface area (Å²) in [6.45, 7) is 0. The Labute approximate surface area is 118 Å². The van der Waals surface area contributed by atoms with Crippen LogP contribution in [0.3, 0.4) is 0 Å². The van der Waals surface area contributed by atoms with Gasteiger partial charge in [0.25, 0.3) is 0 Å². The van der Waals surface area contributed by atoms with Gasteiger partial charge in [-0.15, -0.1) is 0 Å². The first kappa shape index (κ1) is 11.5. The fraction of sp³-hybridized carbons (Fsp3) is 0.0769. The van der Waals surface area contributed by atoms with Crippen LogP contribution in [0.5, 0.6) is 0 Å². The Hall–Kier alpha value is -1.63. The van der Waals surface area contributed by atoms with Crippen LogP contribution in [0.2, 0.25) is 0 Å². The Balaban J connectivity index is 1.95. The molecule has 0 N–H and O–H groups in total. The van der Waals surface area contributed by atoms with E-state index in [1.54, 1.807) is 6.20 Å². The summed E-state index contributed by atoms with van der Waals surface area (Å²) in [5.41, 5.74) is 2.08. The van der Waals surface area contributed by atoms with Gasteiger partial charge in [0.15, 0.2) is 0 Å². The highest BCUT2D eigenvalue weighted by Gasteiger charge is 1.99. The quantitative estimate of drug-likeness (QED) is 0.667. The minimum atomic E-state index is 0.938. The molecule has 0 bridgehead atoms. The third-order valence-corrected chi connectivity index (χ3v) is 3.57. The standard InChI is InChI=1S/C13H11IN4/c1-17-7-5-15-12(17)3-2-10-4-6-18-11(14)9-16-13(18)8-10/h2-9H,1H3/b3-2+. The average Bonchev–Trinajstić information content (AvgIpc) is 2.94. The predicted octanol–water partition coefficient (Wildman–Crippen LogP) is 2.84. The van der Waals surface area contributed by atoms with Crippen molar-refractivity contribution in [2.24, 2.45) is 7.05 Å². The van der Waals surface area contributed by atoms with Crippen molar-refractivity contribution in [3.63, 3.8) is 0 Å². The minimum absolute atomic E-state index is 0.938. The number of pyridine rings is 1. The molecule has 5 heteroatoms. The number of nitrogens with zero attached hydrogens (tertiary/aromatic N) is 4. The van der Waals surface area contributed by atoms with Crippen molar-refractivity contribution in [2.45, 2.75) is 0 Å². The summed E-state index contributed by atoms with van der Waals surface area (Å²) in [4.78, 5) is 8.59. The van der Waals surface area contributed by atoms with Crippen LogP contribution >= 0.6 is 22.6 Å². The molecule has 0 atom stereocenters. The van der Waals surface area contributed by atoms with Gasteiger partial charge in [-0.25, -0.2) is 9.97 Å². The zero-order valence-corrected chi connectivity index (χ0v) is 11.9. The van der Waals surface area contributed by atoms with E-state index in [4.69, 9.17) is 0 Å². The monoisotopic (exact) mass is 350 g/mol. The summed E-state index contributed by atoms with van der Waals surface area (Å²) in [5, 5.41) is 0. The highest BCUT2D eigenvalue weighted by atomic mass is 127. The predicted molar refractivity (Wildman–Crippen MR) is 80.0 cm³/mol. The number of halogens is 1. The van der Waals surface area contributed by atoms with Gasteiger partial charge in [0.2, 0.25) is 0 Å². The summed E-state index contributed by atoms with van der Waals surface area (Å²) >= 11 is 2.27. The van der Waals surface area contributed by atoms with Gasteiger partial charge in [-0.2, -0.15) is 0 Å². The number of imidazole rings is 2. The summed E-state index contributed by atoms with van der Waals surface area (Å²) in [6.07, 6.45) is 11.7. The second-order valence-corrected chi connectivity index (χ2v) is 5.10. The van der Waals surface area contributed by atoms with E-state index in [1.807, 2.05) is 42.4 Å². The van der Waals surface area contributed by atoms with E-state index < -0.39 is 0 Å². The fourth-order valence-electron chi connectivity index (χ4n) is 1.78. The molecule has 3 aromatic heterocycles. The van der Waals surface area contributed by atoms with E-state index in [0.29, 0.717) is 0 Å². The van der Waals surface area contributed by atoms with Gasteiger partial charge < -0.3 is 4.57 Å². The number of hydrogen-bond acceptors (Lipinski definition) is 2. The Kier molecular flexibility index (Phi) is 2.91. The molecule has 0 saturated carbocycles. The number of fused-ring (bicyclic) bond motifs is 1. The third-order valence-electron chi connectivity index (χ3n) is 2.78. The topological polar surface area (TPSA) is 35.1 Å². The molecule has 3 rings (SSSR count). The number of aryl methyl sites for hydroxylation is 1. The van der Waals surface area contributed by atoms with Crippen molar-refractivity contribution < 1.29 is 0 Å². The molecule has 0 aliphatic heterocycles. The lowest BCUT2D eigenvalue weighted by molar-refractivity contribution is 0.898.